The third-order valence-electron chi connectivity index (χ3n) is 4.32. The van der Waals surface area contributed by atoms with Gasteiger partial charge < -0.3 is 16.4 Å². The SMILES string of the molecule is CC(C)(C)[C@H]1Cc2cc(N)c(N)cc2CCN1C(=O)C(F)(F)F. The highest BCUT2D eigenvalue weighted by Gasteiger charge is 2.47. The zero-order chi connectivity index (χ0) is 17.6. The fourth-order valence-corrected chi connectivity index (χ4v) is 3.05. The van der Waals surface area contributed by atoms with Crippen LogP contribution in [0.4, 0.5) is 24.5 Å². The van der Waals surface area contributed by atoms with E-state index in [0.29, 0.717) is 24.2 Å². The second-order valence-corrected chi connectivity index (χ2v) is 7.08. The maximum absolute atomic E-state index is 13.0. The number of rotatable bonds is 0. The van der Waals surface area contributed by atoms with Gasteiger partial charge in [-0.25, -0.2) is 0 Å². The van der Waals surface area contributed by atoms with E-state index in [2.05, 4.69) is 0 Å². The molecular weight excluding hydrogens is 307 g/mol. The molecule has 1 aromatic rings. The first-order valence-corrected chi connectivity index (χ1v) is 7.46. The molecule has 0 aliphatic carbocycles. The van der Waals surface area contributed by atoms with Crippen LogP contribution in [0.5, 0.6) is 0 Å². The predicted octanol–water partition coefficient (Wildman–Crippen LogP) is 2.76. The minimum Gasteiger partial charge on any atom is -0.397 e. The molecule has 1 heterocycles. The Kier molecular flexibility index (Phi) is 4.26. The quantitative estimate of drug-likeness (QED) is 0.719. The molecule has 0 aromatic heterocycles. The predicted molar refractivity (Wildman–Crippen MR) is 83.7 cm³/mol. The number of carbonyl (C=O) groups excluding carboxylic acids is 1. The summed E-state index contributed by atoms with van der Waals surface area (Å²) in [4.78, 5) is 12.8. The molecule has 0 unspecified atom stereocenters. The van der Waals surface area contributed by atoms with Gasteiger partial charge >= 0.3 is 12.1 Å². The Bertz CT molecular complexity index is 620. The van der Waals surface area contributed by atoms with Crippen LogP contribution in [0, 0.1) is 5.41 Å². The second-order valence-electron chi connectivity index (χ2n) is 7.08. The number of anilines is 2. The molecule has 1 aromatic carbocycles. The van der Waals surface area contributed by atoms with E-state index in [-0.39, 0.29) is 6.54 Å². The Morgan fingerprint density at radius 2 is 1.65 bits per heavy atom. The number of hydrogen-bond acceptors (Lipinski definition) is 3. The van der Waals surface area contributed by atoms with Crippen LogP contribution in [0.15, 0.2) is 12.1 Å². The number of alkyl halides is 3. The number of hydrogen-bond donors (Lipinski definition) is 2. The summed E-state index contributed by atoms with van der Waals surface area (Å²) >= 11 is 0. The molecule has 7 heteroatoms. The Labute approximate surface area is 133 Å². The number of fused-ring (bicyclic) bond motifs is 1. The molecule has 23 heavy (non-hydrogen) atoms. The summed E-state index contributed by atoms with van der Waals surface area (Å²) in [6, 6.07) is 2.85. The van der Waals surface area contributed by atoms with Crippen molar-refractivity contribution in [2.24, 2.45) is 5.41 Å². The monoisotopic (exact) mass is 329 g/mol. The molecule has 0 spiro atoms. The van der Waals surface area contributed by atoms with Crippen molar-refractivity contribution in [2.45, 2.75) is 45.8 Å². The van der Waals surface area contributed by atoms with Crippen LogP contribution in [-0.2, 0) is 17.6 Å². The molecule has 0 fully saturated rings. The highest BCUT2D eigenvalue weighted by Crippen LogP contribution is 2.35. The first kappa shape index (κ1) is 17.4. The van der Waals surface area contributed by atoms with Crippen molar-refractivity contribution in [1.29, 1.82) is 0 Å². The van der Waals surface area contributed by atoms with Crippen LogP contribution < -0.4 is 11.5 Å². The molecule has 128 valence electrons. The number of halogens is 3. The van der Waals surface area contributed by atoms with Crippen molar-refractivity contribution in [3.05, 3.63) is 23.3 Å². The Hall–Kier alpha value is -1.92. The van der Waals surface area contributed by atoms with Crippen LogP contribution in [0.2, 0.25) is 0 Å². The minimum atomic E-state index is -4.88. The lowest BCUT2D eigenvalue weighted by molar-refractivity contribution is -0.189. The fraction of sp³-hybridized carbons (Fsp3) is 0.562. The lowest BCUT2D eigenvalue weighted by Gasteiger charge is -2.39. The number of carbonyl (C=O) groups is 1. The molecule has 4 nitrogen and oxygen atoms in total. The number of amides is 1. The van der Waals surface area contributed by atoms with Gasteiger partial charge in [-0.3, -0.25) is 4.79 Å². The number of benzene rings is 1. The van der Waals surface area contributed by atoms with E-state index in [1.165, 1.54) is 0 Å². The lowest BCUT2D eigenvalue weighted by Crippen LogP contribution is -2.52. The van der Waals surface area contributed by atoms with Crippen molar-refractivity contribution in [3.63, 3.8) is 0 Å². The van der Waals surface area contributed by atoms with Gasteiger partial charge in [0.25, 0.3) is 0 Å². The highest BCUT2D eigenvalue weighted by molar-refractivity contribution is 5.82. The summed E-state index contributed by atoms with van der Waals surface area (Å²) in [6.07, 6.45) is -4.22. The average molecular weight is 329 g/mol. The average Bonchev–Trinajstić information content (AvgIpc) is 2.57. The minimum absolute atomic E-state index is 0.0106. The van der Waals surface area contributed by atoms with Crippen molar-refractivity contribution in [3.8, 4) is 0 Å². The largest absolute Gasteiger partial charge is 0.471 e. The van der Waals surface area contributed by atoms with Gasteiger partial charge in [-0.2, -0.15) is 13.2 Å². The van der Waals surface area contributed by atoms with E-state index in [4.69, 9.17) is 11.5 Å². The van der Waals surface area contributed by atoms with Gasteiger partial charge in [0.2, 0.25) is 0 Å². The smallest absolute Gasteiger partial charge is 0.397 e. The van der Waals surface area contributed by atoms with E-state index in [1.807, 2.05) is 20.8 Å². The summed E-state index contributed by atoms with van der Waals surface area (Å²) in [6.45, 7) is 5.51. The molecule has 1 aliphatic heterocycles. The maximum atomic E-state index is 13.0. The van der Waals surface area contributed by atoms with Crippen molar-refractivity contribution in [1.82, 2.24) is 4.90 Å². The summed E-state index contributed by atoms with van der Waals surface area (Å²) in [7, 11) is 0. The Morgan fingerprint density at radius 1 is 1.13 bits per heavy atom. The molecule has 1 amide bonds. The van der Waals surface area contributed by atoms with Crippen molar-refractivity contribution in [2.75, 3.05) is 18.0 Å². The molecule has 0 radical (unpaired) electrons. The molecule has 0 saturated carbocycles. The van der Waals surface area contributed by atoms with E-state index < -0.39 is 23.5 Å². The zero-order valence-electron chi connectivity index (χ0n) is 13.5. The topological polar surface area (TPSA) is 72.3 Å². The second kappa shape index (κ2) is 5.62. The summed E-state index contributed by atoms with van der Waals surface area (Å²) < 4.78 is 38.9. The normalized spacial score (nSPS) is 19.2. The molecule has 0 saturated heterocycles. The van der Waals surface area contributed by atoms with Gasteiger partial charge in [0.1, 0.15) is 0 Å². The number of nitrogens with zero attached hydrogens (tertiary/aromatic N) is 1. The summed E-state index contributed by atoms with van der Waals surface area (Å²) in [5.41, 5.74) is 13.6. The van der Waals surface area contributed by atoms with Gasteiger partial charge in [0, 0.05) is 12.6 Å². The van der Waals surface area contributed by atoms with Crippen LogP contribution in [0.25, 0.3) is 0 Å². The standard InChI is InChI=1S/C16H22F3N3O/c1-15(2,3)13-8-10-7-12(21)11(20)6-9(10)4-5-22(13)14(23)16(17,18)19/h6-7,13H,4-5,8,20-21H2,1-3H3/t13-/m1/s1. The van der Waals surface area contributed by atoms with Gasteiger partial charge in [-0.15, -0.1) is 0 Å². The highest BCUT2D eigenvalue weighted by atomic mass is 19.4. The van der Waals surface area contributed by atoms with Crippen LogP contribution >= 0.6 is 0 Å². The van der Waals surface area contributed by atoms with Gasteiger partial charge in [-0.05, 0) is 41.5 Å². The Morgan fingerprint density at radius 3 is 2.13 bits per heavy atom. The van der Waals surface area contributed by atoms with Crippen LogP contribution in [-0.4, -0.2) is 29.6 Å². The fourth-order valence-electron chi connectivity index (χ4n) is 3.05. The van der Waals surface area contributed by atoms with E-state index in [0.717, 1.165) is 16.0 Å². The molecule has 2 rings (SSSR count). The lowest BCUT2D eigenvalue weighted by atomic mass is 9.81. The Balaban J connectivity index is 2.46. The molecule has 1 atom stereocenters. The van der Waals surface area contributed by atoms with Crippen molar-refractivity contribution < 1.29 is 18.0 Å². The molecular formula is C16H22F3N3O. The van der Waals surface area contributed by atoms with E-state index in [1.54, 1.807) is 12.1 Å². The summed E-state index contributed by atoms with van der Waals surface area (Å²) in [5, 5.41) is 0. The van der Waals surface area contributed by atoms with Crippen LogP contribution in [0.1, 0.15) is 31.9 Å². The maximum Gasteiger partial charge on any atom is 0.471 e. The molecule has 4 N–H and O–H groups in total. The van der Waals surface area contributed by atoms with Gasteiger partial charge in [-0.1, -0.05) is 20.8 Å². The third kappa shape index (κ3) is 3.54. The summed E-state index contributed by atoms with van der Waals surface area (Å²) in [5.74, 6) is -1.79. The molecule has 1 aliphatic rings. The van der Waals surface area contributed by atoms with Crippen LogP contribution in [0.3, 0.4) is 0 Å². The molecule has 0 bridgehead atoms. The third-order valence-corrected chi connectivity index (χ3v) is 4.32. The van der Waals surface area contributed by atoms with E-state index >= 15 is 0 Å². The van der Waals surface area contributed by atoms with Crippen molar-refractivity contribution >= 4 is 17.3 Å². The first-order chi connectivity index (χ1) is 10.4. The first-order valence-electron chi connectivity index (χ1n) is 7.46. The van der Waals surface area contributed by atoms with E-state index in [9.17, 15) is 18.0 Å². The van der Waals surface area contributed by atoms with Gasteiger partial charge in [0.05, 0.1) is 11.4 Å². The van der Waals surface area contributed by atoms with Gasteiger partial charge in [0.15, 0.2) is 0 Å². The zero-order valence-corrected chi connectivity index (χ0v) is 13.5. The number of nitrogen functional groups attached to an aromatic ring is 2. The number of nitrogens with two attached hydrogens (primary N) is 2.